The van der Waals surface area contributed by atoms with Crippen LogP contribution >= 0.6 is 0 Å². The van der Waals surface area contributed by atoms with Gasteiger partial charge < -0.3 is 15.3 Å². The number of nitriles is 1. The summed E-state index contributed by atoms with van der Waals surface area (Å²) in [5.74, 6) is -0.0148. The van der Waals surface area contributed by atoms with Gasteiger partial charge in [-0.1, -0.05) is 0 Å². The zero-order chi connectivity index (χ0) is 13.6. The molecule has 0 aromatic rings. The number of piperidine rings is 1. The Morgan fingerprint density at radius 2 is 2.33 bits per heavy atom. The first kappa shape index (κ1) is 14.9. The molecule has 2 N–H and O–H groups in total. The molecular formula is C13H23N3O2. The number of carbonyl (C=O) groups excluding carboxylic acids is 1. The highest BCUT2D eigenvalue weighted by atomic mass is 16.3. The molecule has 1 rings (SSSR count). The Morgan fingerprint density at radius 1 is 1.61 bits per heavy atom. The Kier molecular flexibility index (Phi) is 5.57. The molecule has 1 fully saturated rings. The highest BCUT2D eigenvalue weighted by molar-refractivity contribution is 5.79. The van der Waals surface area contributed by atoms with Crippen LogP contribution in [-0.4, -0.2) is 47.7 Å². The fourth-order valence-electron chi connectivity index (χ4n) is 2.16. The summed E-state index contributed by atoms with van der Waals surface area (Å²) >= 11 is 0. The fraction of sp³-hybridized carbons (Fsp3) is 0.846. The van der Waals surface area contributed by atoms with Gasteiger partial charge in [-0.15, -0.1) is 0 Å². The fourth-order valence-corrected chi connectivity index (χ4v) is 2.16. The predicted molar refractivity (Wildman–Crippen MR) is 68.7 cm³/mol. The number of hydrogen-bond acceptors (Lipinski definition) is 4. The van der Waals surface area contributed by atoms with Crippen molar-refractivity contribution in [3.8, 4) is 6.07 Å². The molecule has 1 amide bonds. The van der Waals surface area contributed by atoms with Crippen molar-refractivity contribution < 1.29 is 9.90 Å². The number of rotatable bonds is 5. The molecule has 102 valence electrons. The minimum Gasteiger partial charge on any atom is -0.394 e. The molecule has 0 radical (unpaired) electrons. The van der Waals surface area contributed by atoms with Gasteiger partial charge in [-0.2, -0.15) is 5.26 Å². The van der Waals surface area contributed by atoms with E-state index in [0.717, 1.165) is 32.5 Å². The number of nitrogens with zero attached hydrogens (tertiary/aromatic N) is 2. The molecular weight excluding hydrogens is 230 g/mol. The van der Waals surface area contributed by atoms with Gasteiger partial charge in [0.2, 0.25) is 5.91 Å². The summed E-state index contributed by atoms with van der Waals surface area (Å²) in [7, 11) is 0. The Labute approximate surface area is 109 Å². The van der Waals surface area contributed by atoms with E-state index in [1.54, 1.807) is 13.8 Å². The second-order valence-electron chi connectivity index (χ2n) is 5.58. The van der Waals surface area contributed by atoms with Gasteiger partial charge >= 0.3 is 0 Å². The molecule has 1 aliphatic rings. The lowest BCUT2D eigenvalue weighted by Crippen LogP contribution is -2.51. The molecule has 0 aliphatic carbocycles. The smallest absolute Gasteiger partial charge is 0.224 e. The SMILES string of the molecule is CC(C)(CO)NC(=O)C1CCCN(CCC#N)C1. The van der Waals surface area contributed by atoms with E-state index in [1.807, 2.05) is 0 Å². The predicted octanol–water partition coefficient (Wildman–Crippen LogP) is 0.499. The molecule has 0 bridgehead atoms. The van der Waals surface area contributed by atoms with Gasteiger partial charge in [-0.25, -0.2) is 0 Å². The second kappa shape index (κ2) is 6.72. The zero-order valence-electron chi connectivity index (χ0n) is 11.3. The van der Waals surface area contributed by atoms with Crippen LogP contribution < -0.4 is 5.32 Å². The van der Waals surface area contributed by atoms with Gasteiger partial charge in [-0.05, 0) is 33.2 Å². The van der Waals surface area contributed by atoms with E-state index in [9.17, 15) is 4.79 Å². The monoisotopic (exact) mass is 253 g/mol. The minimum atomic E-state index is -0.563. The first-order valence-corrected chi connectivity index (χ1v) is 6.50. The number of aliphatic hydroxyl groups is 1. The van der Waals surface area contributed by atoms with Gasteiger partial charge in [0.15, 0.2) is 0 Å². The van der Waals surface area contributed by atoms with E-state index in [2.05, 4.69) is 16.3 Å². The molecule has 0 aromatic carbocycles. The molecule has 1 saturated heterocycles. The average molecular weight is 253 g/mol. The molecule has 0 aromatic heterocycles. The summed E-state index contributed by atoms with van der Waals surface area (Å²) < 4.78 is 0. The Balaban J connectivity index is 2.46. The van der Waals surface area contributed by atoms with Gasteiger partial charge in [-0.3, -0.25) is 4.79 Å². The second-order valence-corrected chi connectivity index (χ2v) is 5.58. The quantitative estimate of drug-likeness (QED) is 0.748. The lowest BCUT2D eigenvalue weighted by atomic mass is 9.95. The van der Waals surface area contributed by atoms with E-state index in [1.165, 1.54) is 0 Å². The van der Waals surface area contributed by atoms with Crippen LogP contribution in [0, 0.1) is 17.2 Å². The van der Waals surface area contributed by atoms with Crippen molar-refractivity contribution in [1.82, 2.24) is 10.2 Å². The first-order valence-electron chi connectivity index (χ1n) is 6.50. The molecule has 1 unspecified atom stereocenters. The topological polar surface area (TPSA) is 76.4 Å². The van der Waals surface area contributed by atoms with Crippen molar-refractivity contribution in [3.05, 3.63) is 0 Å². The maximum absolute atomic E-state index is 12.1. The van der Waals surface area contributed by atoms with Gasteiger partial charge in [0, 0.05) is 19.5 Å². The third-order valence-electron chi connectivity index (χ3n) is 3.27. The Bertz CT molecular complexity index is 323. The van der Waals surface area contributed by atoms with Crippen molar-refractivity contribution in [1.29, 1.82) is 5.26 Å². The summed E-state index contributed by atoms with van der Waals surface area (Å²) in [6.45, 7) is 5.97. The Hall–Kier alpha value is -1.12. The molecule has 1 heterocycles. The zero-order valence-corrected chi connectivity index (χ0v) is 11.3. The number of amides is 1. The number of likely N-dealkylation sites (tertiary alicyclic amines) is 1. The lowest BCUT2D eigenvalue weighted by Gasteiger charge is -2.33. The number of nitrogens with one attached hydrogen (secondary N) is 1. The summed E-state index contributed by atoms with van der Waals surface area (Å²) in [6, 6.07) is 2.13. The normalized spacial score (nSPS) is 21.3. The van der Waals surface area contributed by atoms with E-state index in [0.29, 0.717) is 6.42 Å². The van der Waals surface area contributed by atoms with Crippen molar-refractivity contribution in [2.75, 3.05) is 26.2 Å². The number of hydrogen-bond donors (Lipinski definition) is 2. The van der Waals surface area contributed by atoms with Crippen LogP contribution in [0.3, 0.4) is 0 Å². The van der Waals surface area contributed by atoms with Crippen LogP contribution in [0.1, 0.15) is 33.1 Å². The third-order valence-corrected chi connectivity index (χ3v) is 3.27. The van der Waals surface area contributed by atoms with E-state index in [4.69, 9.17) is 10.4 Å². The van der Waals surface area contributed by atoms with Crippen LogP contribution in [0.2, 0.25) is 0 Å². The van der Waals surface area contributed by atoms with Crippen LogP contribution in [0.15, 0.2) is 0 Å². The van der Waals surface area contributed by atoms with Crippen molar-refractivity contribution >= 4 is 5.91 Å². The maximum Gasteiger partial charge on any atom is 0.224 e. The number of aliphatic hydroxyl groups excluding tert-OH is 1. The standard InChI is InChI=1S/C13H23N3O2/c1-13(2,10-17)15-12(18)11-5-3-7-16(9-11)8-4-6-14/h11,17H,3-5,7-10H2,1-2H3,(H,15,18). The molecule has 0 saturated carbocycles. The molecule has 5 nitrogen and oxygen atoms in total. The van der Waals surface area contributed by atoms with Crippen LogP contribution in [0.5, 0.6) is 0 Å². The highest BCUT2D eigenvalue weighted by Crippen LogP contribution is 2.17. The maximum atomic E-state index is 12.1. The van der Waals surface area contributed by atoms with Crippen LogP contribution in [0.25, 0.3) is 0 Å². The minimum absolute atomic E-state index is 0.00991. The molecule has 1 atom stereocenters. The molecule has 0 spiro atoms. The highest BCUT2D eigenvalue weighted by Gasteiger charge is 2.29. The summed E-state index contributed by atoms with van der Waals surface area (Å²) in [4.78, 5) is 14.2. The summed E-state index contributed by atoms with van der Waals surface area (Å²) in [5.41, 5.74) is -0.563. The summed E-state index contributed by atoms with van der Waals surface area (Å²) in [6.07, 6.45) is 2.38. The van der Waals surface area contributed by atoms with Crippen molar-refractivity contribution in [2.24, 2.45) is 5.92 Å². The van der Waals surface area contributed by atoms with E-state index >= 15 is 0 Å². The molecule has 1 aliphatic heterocycles. The molecule has 5 heteroatoms. The van der Waals surface area contributed by atoms with E-state index in [-0.39, 0.29) is 18.4 Å². The number of carbonyl (C=O) groups is 1. The van der Waals surface area contributed by atoms with Gasteiger partial charge in [0.1, 0.15) is 0 Å². The first-order chi connectivity index (χ1) is 8.48. The van der Waals surface area contributed by atoms with Crippen molar-refractivity contribution in [2.45, 2.75) is 38.6 Å². The average Bonchev–Trinajstić information content (AvgIpc) is 2.36. The third kappa shape index (κ3) is 4.63. The van der Waals surface area contributed by atoms with Crippen LogP contribution in [-0.2, 0) is 4.79 Å². The van der Waals surface area contributed by atoms with Crippen LogP contribution in [0.4, 0.5) is 0 Å². The van der Waals surface area contributed by atoms with Crippen molar-refractivity contribution in [3.63, 3.8) is 0 Å². The van der Waals surface area contributed by atoms with Gasteiger partial charge in [0.25, 0.3) is 0 Å². The lowest BCUT2D eigenvalue weighted by molar-refractivity contribution is -0.128. The largest absolute Gasteiger partial charge is 0.394 e. The molecule has 18 heavy (non-hydrogen) atoms. The summed E-state index contributed by atoms with van der Waals surface area (Å²) in [5, 5.41) is 20.6. The van der Waals surface area contributed by atoms with E-state index < -0.39 is 5.54 Å². The van der Waals surface area contributed by atoms with Gasteiger partial charge in [0.05, 0.1) is 24.1 Å². The Morgan fingerprint density at radius 3 is 2.94 bits per heavy atom.